The van der Waals surface area contributed by atoms with E-state index >= 15 is 0 Å². The van der Waals surface area contributed by atoms with Crippen molar-refractivity contribution in [2.45, 2.75) is 39.0 Å². The van der Waals surface area contributed by atoms with Gasteiger partial charge in [0.15, 0.2) is 5.82 Å². The van der Waals surface area contributed by atoms with E-state index in [0.717, 1.165) is 5.56 Å². The summed E-state index contributed by atoms with van der Waals surface area (Å²) in [5.41, 5.74) is 7.97. The standard InChI is InChI=1S/C15H21N3O/c1-10(9-16)13-17-14(19-18-13)11-5-7-12(8-6-11)15(2,3)4/h5-8,10H,9,16H2,1-4H3. The molecule has 0 saturated carbocycles. The van der Waals surface area contributed by atoms with E-state index in [-0.39, 0.29) is 11.3 Å². The molecule has 0 amide bonds. The van der Waals surface area contributed by atoms with E-state index in [1.54, 1.807) is 0 Å². The fourth-order valence-electron chi connectivity index (χ4n) is 1.77. The smallest absolute Gasteiger partial charge is 0.257 e. The first-order valence-corrected chi connectivity index (χ1v) is 6.56. The minimum Gasteiger partial charge on any atom is -0.334 e. The molecule has 0 saturated heterocycles. The highest BCUT2D eigenvalue weighted by atomic mass is 16.5. The maximum Gasteiger partial charge on any atom is 0.257 e. The van der Waals surface area contributed by atoms with E-state index in [9.17, 15) is 0 Å². The zero-order valence-corrected chi connectivity index (χ0v) is 12.0. The Balaban J connectivity index is 2.25. The molecule has 2 N–H and O–H groups in total. The van der Waals surface area contributed by atoms with E-state index in [4.69, 9.17) is 10.3 Å². The summed E-state index contributed by atoms with van der Waals surface area (Å²) < 4.78 is 5.28. The maximum atomic E-state index is 5.60. The van der Waals surface area contributed by atoms with Crippen molar-refractivity contribution in [3.63, 3.8) is 0 Å². The lowest BCUT2D eigenvalue weighted by molar-refractivity contribution is 0.418. The molecular formula is C15H21N3O. The summed E-state index contributed by atoms with van der Waals surface area (Å²) in [5.74, 6) is 1.33. The molecule has 2 aromatic rings. The van der Waals surface area contributed by atoms with E-state index in [1.165, 1.54) is 5.56 Å². The summed E-state index contributed by atoms with van der Waals surface area (Å²) in [4.78, 5) is 4.39. The van der Waals surface area contributed by atoms with Crippen molar-refractivity contribution in [1.29, 1.82) is 0 Å². The van der Waals surface area contributed by atoms with Crippen molar-refractivity contribution in [2.24, 2.45) is 5.73 Å². The number of aromatic nitrogens is 2. The van der Waals surface area contributed by atoms with Crippen molar-refractivity contribution in [1.82, 2.24) is 10.1 Å². The molecule has 1 aromatic heterocycles. The molecule has 4 nitrogen and oxygen atoms in total. The van der Waals surface area contributed by atoms with Gasteiger partial charge in [0.1, 0.15) is 0 Å². The van der Waals surface area contributed by atoms with Crippen LogP contribution in [0.25, 0.3) is 11.5 Å². The van der Waals surface area contributed by atoms with Gasteiger partial charge in [-0.3, -0.25) is 0 Å². The minimum absolute atomic E-state index is 0.117. The Labute approximate surface area is 114 Å². The van der Waals surface area contributed by atoms with Crippen LogP contribution >= 0.6 is 0 Å². The number of hydrogen-bond acceptors (Lipinski definition) is 4. The fraction of sp³-hybridized carbons (Fsp3) is 0.467. The lowest BCUT2D eigenvalue weighted by Crippen LogP contribution is -2.10. The predicted molar refractivity (Wildman–Crippen MR) is 75.9 cm³/mol. The number of rotatable bonds is 3. The Morgan fingerprint density at radius 1 is 1.21 bits per heavy atom. The van der Waals surface area contributed by atoms with Crippen LogP contribution < -0.4 is 5.73 Å². The van der Waals surface area contributed by atoms with Gasteiger partial charge in [0.2, 0.25) is 0 Å². The van der Waals surface area contributed by atoms with Crippen molar-refractivity contribution in [3.05, 3.63) is 35.7 Å². The number of hydrogen-bond donors (Lipinski definition) is 1. The molecule has 4 heteroatoms. The third-order valence-corrected chi connectivity index (χ3v) is 3.23. The van der Waals surface area contributed by atoms with E-state index in [2.05, 4.69) is 43.0 Å². The summed E-state index contributed by atoms with van der Waals surface area (Å²) in [6.07, 6.45) is 0. The largest absolute Gasteiger partial charge is 0.334 e. The van der Waals surface area contributed by atoms with Crippen LogP contribution in [0.15, 0.2) is 28.8 Å². The van der Waals surface area contributed by atoms with Gasteiger partial charge < -0.3 is 10.3 Å². The molecule has 0 aliphatic heterocycles. The molecule has 1 unspecified atom stereocenters. The van der Waals surface area contributed by atoms with Gasteiger partial charge >= 0.3 is 0 Å². The lowest BCUT2D eigenvalue weighted by Gasteiger charge is -2.18. The molecule has 0 fully saturated rings. The zero-order chi connectivity index (χ0) is 14.0. The zero-order valence-electron chi connectivity index (χ0n) is 12.0. The first kappa shape index (κ1) is 13.7. The Bertz CT molecular complexity index is 537. The van der Waals surface area contributed by atoms with Crippen molar-refractivity contribution < 1.29 is 4.52 Å². The first-order valence-electron chi connectivity index (χ1n) is 6.56. The van der Waals surface area contributed by atoms with Crippen LogP contribution in [0.5, 0.6) is 0 Å². The molecule has 102 valence electrons. The highest BCUT2D eigenvalue weighted by Gasteiger charge is 2.16. The number of nitrogens with zero attached hydrogens (tertiary/aromatic N) is 2. The van der Waals surface area contributed by atoms with Gasteiger partial charge in [-0.1, -0.05) is 45.0 Å². The lowest BCUT2D eigenvalue weighted by atomic mass is 9.87. The van der Waals surface area contributed by atoms with Crippen LogP contribution in [-0.4, -0.2) is 16.7 Å². The van der Waals surface area contributed by atoms with Gasteiger partial charge in [0.25, 0.3) is 5.89 Å². The summed E-state index contributed by atoms with van der Waals surface area (Å²) in [6.45, 7) is 9.07. The van der Waals surface area contributed by atoms with Gasteiger partial charge in [0, 0.05) is 18.0 Å². The van der Waals surface area contributed by atoms with Crippen LogP contribution in [-0.2, 0) is 5.41 Å². The molecule has 1 heterocycles. The van der Waals surface area contributed by atoms with E-state index in [0.29, 0.717) is 18.3 Å². The maximum absolute atomic E-state index is 5.60. The Kier molecular flexibility index (Phi) is 3.71. The minimum atomic E-state index is 0.117. The second-order valence-corrected chi connectivity index (χ2v) is 5.92. The molecule has 0 radical (unpaired) electrons. The van der Waals surface area contributed by atoms with Crippen molar-refractivity contribution in [2.75, 3.05) is 6.54 Å². The van der Waals surface area contributed by atoms with Crippen molar-refractivity contribution in [3.8, 4) is 11.5 Å². The molecule has 1 atom stereocenters. The summed E-state index contributed by atoms with van der Waals surface area (Å²) >= 11 is 0. The van der Waals surface area contributed by atoms with Gasteiger partial charge in [-0.25, -0.2) is 0 Å². The number of benzene rings is 1. The van der Waals surface area contributed by atoms with Gasteiger partial charge in [0.05, 0.1) is 0 Å². The fourth-order valence-corrected chi connectivity index (χ4v) is 1.77. The third-order valence-electron chi connectivity index (χ3n) is 3.23. The normalized spacial score (nSPS) is 13.5. The van der Waals surface area contributed by atoms with Crippen LogP contribution in [0.3, 0.4) is 0 Å². The molecule has 2 rings (SSSR count). The van der Waals surface area contributed by atoms with E-state index < -0.39 is 0 Å². The second kappa shape index (κ2) is 5.13. The van der Waals surface area contributed by atoms with Gasteiger partial charge in [-0.2, -0.15) is 4.98 Å². The number of nitrogens with two attached hydrogens (primary N) is 1. The quantitative estimate of drug-likeness (QED) is 0.919. The van der Waals surface area contributed by atoms with Gasteiger partial charge in [-0.05, 0) is 23.1 Å². The average Bonchev–Trinajstić information content (AvgIpc) is 2.86. The molecule has 19 heavy (non-hydrogen) atoms. The van der Waals surface area contributed by atoms with Crippen LogP contribution in [0.2, 0.25) is 0 Å². The van der Waals surface area contributed by atoms with Crippen molar-refractivity contribution >= 4 is 0 Å². The summed E-state index contributed by atoms with van der Waals surface area (Å²) in [7, 11) is 0. The Morgan fingerprint density at radius 2 is 1.84 bits per heavy atom. The molecule has 0 aliphatic rings. The highest BCUT2D eigenvalue weighted by Crippen LogP contribution is 2.25. The Morgan fingerprint density at radius 3 is 2.37 bits per heavy atom. The molecule has 0 bridgehead atoms. The van der Waals surface area contributed by atoms with Crippen LogP contribution in [0.1, 0.15) is 45.0 Å². The van der Waals surface area contributed by atoms with Gasteiger partial charge in [-0.15, -0.1) is 0 Å². The van der Waals surface area contributed by atoms with Crippen LogP contribution in [0.4, 0.5) is 0 Å². The molecule has 0 spiro atoms. The SMILES string of the molecule is CC(CN)c1noc(-c2ccc(C(C)(C)C)cc2)n1. The summed E-state index contributed by atoms with van der Waals surface area (Å²) in [6, 6.07) is 8.24. The first-order chi connectivity index (χ1) is 8.91. The third kappa shape index (κ3) is 3.01. The topological polar surface area (TPSA) is 64.9 Å². The highest BCUT2D eigenvalue weighted by molar-refractivity contribution is 5.53. The van der Waals surface area contributed by atoms with E-state index in [1.807, 2.05) is 19.1 Å². The Hall–Kier alpha value is -1.68. The molecule has 1 aromatic carbocycles. The monoisotopic (exact) mass is 259 g/mol. The molecule has 0 aliphatic carbocycles. The average molecular weight is 259 g/mol. The molecular weight excluding hydrogens is 238 g/mol. The van der Waals surface area contributed by atoms with Crippen LogP contribution in [0, 0.1) is 0 Å². The second-order valence-electron chi connectivity index (χ2n) is 5.92. The predicted octanol–water partition coefficient (Wildman–Crippen LogP) is 3.10. The summed E-state index contributed by atoms with van der Waals surface area (Å²) in [5, 5.41) is 3.97.